The van der Waals surface area contributed by atoms with Crippen molar-refractivity contribution < 1.29 is 99.0 Å². The third kappa shape index (κ3) is 10.9. The number of fused-ring (bicyclic) bond motifs is 10. The van der Waals surface area contributed by atoms with E-state index in [2.05, 4.69) is 0 Å². The average Bonchev–Trinajstić information content (AvgIpc) is 1.62. The molecule has 0 aromatic rings. The van der Waals surface area contributed by atoms with Gasteiger partial charge in [0, 0.05) is 77.4 Å². The van der Waals surface area contributed by atoms with Crippen molar-refractivity contribution in [2.45, 2.75) is 194 Å². The summed E-state index contributed by atoms with van der Waals surface area (Å²) in [7, 11) is 0. The van der Waals surface area contributed by atoms with Gasteiger partial charge in [0.05, 0.1) is 6.10 Å². The summed E-state index contributed by atoms with van der Waals surface area (Å²) in [5.74, 6) is -8.90. The van der Waals surface area contributed by atoms with Gasteiger partial charge < -0.3 is 29.5 Å². The number of allylic oxidation sites excluding steroid dienone is 8. The Kier molecular flexibility index (Phi) is 21.1. The Balaban J connectivity index is 0.000000259. The third-order valence-corrected chi connectivity index (χ3v) is 20.9. The number of ketones is 2. The summed E-state index contributed by atoms with van der Waals surface area (Å²) < 4.78 is 111. The highest BCUT2D eigenvalue weighted by Crippen LogP contribution is 2.74. The van der Waals surface area contributed by atoms with Crippen LogP contribution in [-0.4, -0.2) is 126 Å². The van der Waals surface area contributed by atoms with Gasteiger partial charge in [-0.15, -0.1) is 0 Å². The molecule has 0 aliphatic heterocycles. The number of hydrogen-bond donors (Lipinski definition) is 3. The van der Waals surface area contributed by atoms with Crippen molar-refractivity contribution in [3.8, 4) is 0 Å². The maximum atomic E-state index is 18.0. The first kappa shape index (κ1) is 68.0. The van der Waals surface area contributed by atoms with Gasteiger partial charge in [0.1, 0.15) is 30.5 Å². The van der Waals surface area contributed by atoms with Gasteiger partial charge in [-0.05, 0) is 123 Å². The van der Waals surface area contributed by atoms with Gasteiger partial charge in [-0.3, -0.25) is 43.2 Å². The SMILES string of the molecule is CCC(=O)O.CCC(=O)O.CCC(=O)O[C@H]1C[C@@]2(C)[C@@H](C[C@@H](C)[C@]2(OC(=O)CC)C(=O)SCF)[C@@H]2C[C@H](F)C3=CC(=O)C=C[C@]3(C)[C@@]12F.CCC(=O)O[C@]1(C(=O)SCF)[C@H](C)C[C@H]2[C@@H]3C[C@H](F)C4=CC(=O)C=C[C@]4(C)[C@@]3(F)[C@@H](O)C[C@@]21C. The molecule has 0 aromatic carbocycles. The van der Waals surface area contributed by atoms with Crippen LogP contribution in [0.5, 0.6) is 0 Å². The molecular weight excluding hydrogens is 1130 g/mol. The Morgan fingerprint density at radius 3 is 1.28 bits per heavy atom. The summed E-state index contributed by atoms with van der Waals surface area (Å²) in [6.45, 7) is 17.7. The number of carboxylic acids is 2. The van der Waals surface area contributed by atoms with Crippen LogP contribution < -0.4 is 0 Å². The topological polar surface area (TPSA) is 242 Å². The molecule has 3 N–H and O–H groups in total. The first-order chi connectivity index (χ1) is 38.1. The second kappa shape index (κ2) is 25.4. The number of alkyl halides is 6. The quantitative estimate of drug-likeness (QED) is 0.0934. The molecule has 0 amide bonds. The van der Waals surface area contributed by atoms with Crippen LogP contribution >= 0.6 is 23.5 Å². The van der Waals surface area contributed by atoms with Crippen LogP contribution in [-0.2, 0) is 57.4 Å². The van der Waals surface area contributed by atoms with Gasteiger partial charge in [-0.2, -0.15) is 0 Å². The number of carbonyl (C=O) groups is 9. The van der Waals surface area contributed by atoms with Gasteiger partial charge in [-0.1, -0.05) is 74.5 Å². The molecular formula is C59H78F6O15S2. The van der Waals surface area contributed by atoms with Crippen LogP contribution in [0.25, 0.3) is 0 Å². The molecule has 0 unspecified atom stereocenters. The Labute approximate surface area is 483 Å². The standard InChI is InChI=1S/C28H35F3O6S.C25H31F3O5S.2C3H6O2/c1-6-22(33)36-21-13-26(5)17(10-15(3)28(26,24(35)38-14-29)37-23(34)7-2)18-12-20(30)19-11-16(32)8-9-25(19,4)27(18,21)31;1-5-20(31)33-25(21(32)34-12-26)13(2)8-15-16-10-18(27)17-9-14(29)6-7-22(17,3)24(16,28)19(30)11-23(15,25)4;2*1-2-3(4)5/h8-9,11,15,17-18,20-21H,6-7,10,12-14H2,1-5H3;6-7,9,13,15-16,18-19,30H,5,8,10-12H2,1-4H3;2*2H2,1H3,(H,4,5)/t15-,17+,18+,20+,21+,25+,26+,27+,28+;13-,15+,16+,18+,19+,22+,23+,24+,25+;;/m11../s1. The molecule has 82 heavy (non-hydrogen) atoms. The zero-order chi connectivity index (χ0) is 62.1. The number of esters is 3. The molecule has 0 aromatic heterocycles. The van der Waals surface area contributed by atoms with E-state index in [0.717, 1.165) is 12.2 Å². The van der Waals surface area contributed by atoms with Crippen LogP contribution in [0.2, 0.25) is 0 Å². The van der Waals surface area contributed by atoms with E-state index in [-0.39, 0.29) is 81.8 Å². The molecule has 23 heteroatoms. The van der Waals surface area contributed by atoms with Gasteiger partial charge >= 0.3 is 29.8 Å². The van der Waals surface area contributed by atoms with Crippen LogP contribution in [0.1, 0.15) is 147 Å². The molecule has 0 heterocycles. The van der Waals surface area contributed by atoms with E-state index in [9.17, 15) is 57.0 Å². The van der Waals surface area contributed by atoms with Gasteiger partial charge in [0.25, 0.3) is 0 Å². The number of halogens is 6. The molecule has 8 aliphatic carbocycles. The summed E-state index contributed by atoms with van der Waals surface area (Å²) in [5, 5.41) is 25.5. The smallest absolute Gasteiger partial charge is 0.306 e. The van der Waals surface area contributed by atoms with E-state index in [4.69, 9.17) is 24.4 Å². The second-order valence-electron chi connectivity index (χ2n) is 23.5. The van der Waals surface area contributed by atoms with Crippen LogP contribution in [0, 0.1) is 57.2 Å². The number of thioether (sulfide) groups is 2. The lowest BCUT2D eigenvalue weighted by molar-refractivity contribution is -0.237. The van der Waals surface area contributed by atoms with Gasteiger partial charge in [0.15, 0.2) is 34.1 Å². The molecule has 0 spiro atoms. The highest BCUT2D eigenvalue weighted by Gasteiger charge is 2.80. The lowest BCUT2D eigenvalue weighted by Gasteiger charge is -2.63. The fourth-order valence-electron chi connectivity index (χ4n) is 15.6. The van der Waals surface area contributed by atoms with Crippen molar-refractivity contribution in [2.75, 3.05) is 12.0 Å². The molecule has 6 fully saturated rings. The lowest BCUT2D eigenvalue weighted by Crippen LogP contribution is -2.71. The molecule has 18 atom stereocenters. The number of rotatable bonds is 12. The van der Waals surface area contributed by atoms with Crippen molar-refractivity contribution >= 4 is 75.2 Å². The first-order valence-electron chi connectivity index (χ1n) is 27.9. The minimum atomic E-state index is -2.31. The lowest BCUT2D eigenvalue weighted by atomic mass is 9.44. The molecule has 0 radical (unpaired) electrons. The number of aliphatic hydroxyl groups is 1. The minimum Gasteiger partial charge on any atom is -0.481 e. The molecule has 15 nitrogen and oxygen atoms in total. The fourth-order valence-corrected chi connectivity index (χ4v) is 17.2. The number of carbonyl (C=O) groups excluding carboxylic acids is 7. The monoisotopic (exact) mass is 1200 g/mol. The normalized spacial score (nSPS) is 40.7. The van der Waals surface area contributed by atoms with E-state index in [1.165, 1.54) is 38.2 Å². The maximum Gasteiger partial charge on any atom is 0.306 e. The number of aliphatic hydroxyl groups excluding tert-OH is 1. The number of hydrogen-bond acceptors (Lipinski definition) is 15. The Hall–Kier alpha value is -4.77. The summed E-state index contributed by atoms with van der Waals surface area (Å²) in [6, 6.07) is -2.06. The minimum absolute atomic E-state index is 0.00341. The summed E-state index contributed by atoms with van der Waals surface area (Å²) in [5.41, 5.74) is -13.8. The van der Waals surface area contributed by atoms with Crippen molar-refractivity contribution in [1.82, 2.24) is 0 Å². The Morgan fingerprint density at radius 2 is 0.927 bits per heavy atom. The van der Waals surface area contributed by atoms with Crippen LogP contribution in [0.3, 0.4) is 0 Å². The van der Waals surface area contributed by atoms with E-state index >= 15 is 17.6 Å². The van der Waals surface area contributed by atoms with E-state index in [1.807, 2.05) is 0 Å². The van der Waals surface area contributed by atoms with Crippen molar-refractivity contribution in [3.05, 3.63) is 47.6 Å². The predicted octanol–water partition coefficient (Wildman–Crippen LogP) is 10.8. The second-order valence-corrected chi connectivity index (χ2v) is 25.3. The van der Waals surface area contributed by atoms with E-state index in [1.54, 1.807) is 62.3 Å². The number of ether oxygens (including phenoxy) is 3. The van der Waals surface area contributed by atoms with E-state index < -0.39 is 168 Å². The number of carboxylic acid groups (broad SMARTS) is 2. The summed E-state index contributed by atoms with van der Waals surface area (Å²) in [6.07, 6.45) is 0.872. The molecule has 6 saturated carbocycles. The zero-order valence-electron chi connectivity index (χ0n) is 48.3. The van der Waals surface area contributed by atoms with Gasteiger partial charge in [-0.25, -0.2) is 26.3 Å². The van der Waals surface area contributed by atoms with Crippen LogP contribution in [0.4, 0.5) is 26.3 Å². The zero-order valence-corrected chi connectivity index (χ0v) is 49.9. The van der Waals surface area contributed by atoms with Crippen molar-refractivity contribution in [2.24, 2.45) is 57.2 Å². The first-order valence-corrected chi connectivity index (χ1v) is 29.9. The third-order valence-electron chi connectivity index (χ3n) is 19.6. The van der Waals surface area contributed by atoms with E-state index in [0.29, 0.717) is 23.5 Å². The predicted molar refractivity (Wildman–Crippen MR) is 292 cm³/mol. The van der Waals surface area contributed by atoms with Crippen molar-refractivity contribution in [1.29, 1.82) is 0 Å². The molecule has 0 saturated heterocycles. The number of aliphatic carboxylic acids is 2. The highest BCUT2D eigenvalue weighted by molar-refractivity contribution is 8.14. The highest BCUT2D eigenvalue weighted by atomic mass is 32.2. The largest absolute Gasteiger partial charge is 0.481 e. The maximum absolute atomic E-state index is 18.0. The Morgan fingerprint density at radius 1 is 0.573 bits per heavy atom. The fraction of sp³-hybridized carbons (Fsp3) is 0.712. The molecule has 458 valence electrons. The molecule has 8 rings (SSSR count). The average molecular weight is 1210 g/mol. The summed E-state index contributed by atoms with van der Waals surface area (Å²) in [4.78, 5) is 108. The molecule has 0 bridgehead atoms. The molecule has 8 aliphatic rings. The van der Waals surface area contributed by atoms with Crippen LogP contribution in [0.15, 0.2) is 47.6 Å². The summed E-state index contributed by atoms with van der Waals surface area (Å²) >= 11 is 0.784. The van der Waals surface area contributed by atoms with Crippen molar-refractivity contribution in [3.63, 3.8) is 0 Å². The van der Waals surface area contributed by atoms with Gasteiger partial charge in [0.2, 0.25) is 10.2 Å². The Bertz CT molecular complexity index is 2650.